The Bertz CT molecular complexity index is 286. The fourth-order valence-electron chi connectivity index (χ4n) is 0.820. The standard InChI is InChI=1S/C8H15N3O2S/c1-6-10-7(14-11-6)9-3-8(2,4-12)5-13/h12-13H,3-5H2,1-2H3,(H,9,10,11). The number of hydrogen-bond acceptors (Lipinski definition) is 6. The average molecular weight is 217 g/mol. The second kappa shape index (κ2) is 4.68. The summed E-state index contributed by atoms with van der Waals surface area (Å²) in [6.07, 6.45) is 0. The third kappa shape index (κ3) is 2.90. The minimum atomic E-state index is -0.514. The van der Waals surface area contributed by atoms with Crippen LogP contribution >= 0.6 is 11.5 Å². The Kier molecular flexibility index (Phi) is 3.79. The van der Waals surface area contributed by atoms with E-state index in [-0.39, 0.29) is 13.2 Å². The minimum absolute atomic E-state index is 0.0612. The Hall–Kier alpha value is -0.720. The molecule has 0 spiro atoms. The van der Waals surface area contributed by atoms with E-state index in [2.05, 4.69) is 14.7 Å². The van der Waals surface area contributed by atoms with Crippen LogP contribution in [0.15, 0.2) is 0 Å². The molecule has 0 atom stereocenters. The van der Waals surface area contributed by atoms with Crippen LogP contribution in [0.3, 0.4) is 0 Å². The number of hydrogen-bond donors (Lipinski definition) is 3. The number of aryl methyl sites for hydroxylation is 1. The Morgan fingerprint density at radius 3 is 2.50 bits per heavy atom. The van der Waals surface area contributed by atoms with Gasteiger partial charge in [0.2, 0.25) is 5.13 Å². The first-order valence-corrected chi connectivity index (χ1v) is 5.13. The van der Waals surface area contributed by atoms with Crippen LogP contribution < -0.4 is 5.32 Å². The molecular formula is C8H15N3O2S. The molecule has 0 aliphatic heterocycles. The van der Waals surface area contributed by atoms with Crippen molar-refractivity contribution in [2.75, 3.05) is 25.1 Å². The summed E-state index contributed by atoms with van der Waals surface area (Å²) in [6, 6.07) is 0. The highest BCUT2D eigenvalue weighted by atomic mass is 32.1. The van der Waals surface area contributed by atoms with Gasteiger partial charge in [0.1, 0.15) is 5.82 Å². The number of rotatable bonds is 5. The summed E-state index contributed by atoms with van der Waals surface area (Å²) >= 11 is 1.28. The van der Waals surface area contributed by atoms with Crippen LogP contribution in [0, 0.1) is 12.3 Å². The van der Waals surface area contributed by atoms with Gasteiger partial charge in [-0.25, -0.2) is 4.98 Å². The molecule has 0 saturated carbocycles. The third-order valence-corrected chi connectivity index (χ3v) is 2.72. The zero-order chi connectivity index (χ0) is 10.6. The number of anilines is 1. The molecule has 0 radical (unpaired) electrons. The number of aromatic nitrogens is 2. The fourth-order valence-corrected chi connectivity index (χ4v) is 1.39. The van der Waals surface area contributed by atoms with Crippen LogP contribution in [0.5, 0.6) is 0 Å². The average Bonchev–Trinajstić information content (AvgIpc) is 2.61. The predicted molar refractivity (Wildman–Crippen MR) is 55.4 cm³/mol. The lowest BCUT2D eigenvalue weighted by Crippen LogP contribution is -2.33. The molecule has 5 nitrogen and oxygen atoms in total. The molecule has 1 aromatic rings. The second-order valence-electron chi connectivity index (χ2n) is 3.63. The highest BCUT2D eigenvalue weighted by Gasteiger charge is 2.22. The van der Waals surface area contributed by atoms with Crippen molar-refractivity contribution in [2.45, 2.75) is 13.8 Å². The van der Waals surface area contributed by atoms with Gasteiger partial charge in [0, 0.05) is 23.5 Å². The van der Waals surface area contributed by atoms with Crippen LogP contribution in [0.1, 0.15) is 12.7 Å². The first-order chi connectivity index (χ1) is 6.59. The quantitative estimate of drug-likeness (QED) is 0.659. The zero-order valence-electron chi connectivity index (χ0n) is 8.32. The van der Waals surface area contributed by atoms with Gasteiger partial charge in [0.05, 0.1) is 13.2 Å². The summed E-state index contributed by atoms with van der Waals surface area (Å²) in [5.74, 6) is 0.729. The van der Waals surface area contributed by atoms with E-state index >= 15 is 0 Å². The van der Waals surface area contributed by atoms with Gasteiger partial charge in [0.15, 0.2) is 0 Å². The lowest BCUT2D eigenvalue weighted by molar-refractivity contribution is 0.0806. The summed E-state index contributed by atoms with van der Waals surface area (Å²) in [5.41, 5.74) is -0.514. The molecule has 80 valence electrons. The second-order valence-corrected chi connectivity index (χ2v) is 4.38. The molecule has 0 amide bonds. The van der Waals surface area contributed by atoms with Gasteiger partial charge in [-0.15, -0.1) is 0 Å². The van der Waals surface area contributed by atoms with E-state index in [0.717, 1.165) is 11.0 Å². The first-order valence-electron chi connectivity index (χ1n) is 4.35. The largest absolute Gasteiger partial charge is 0.396 e. The van der Waals surface area contributed by atoms with Crippen molar-refractivity contribution < 1.29 is 10.2 Å². The Morgan fingerprint density at radius 2 is 2.07 bits per heavy atom. The molecule has 1 aromatic heterocycles. The van der Waals surface area contributed by atoms with E-state index in [1.54, 1.807) is 6.92 Å². The van der Waals surface area contributed by atoms with Gasteiger partial charge < -0.3 is 15.5 Å². The monoisotopic (exact) mass is 217 g/mol. The number of aliphatic hydroxyl groups excluding tert-OH is 2. The SMILES string of the molecule is Cc1nsc(NCC(C)(CO)CO)n1. The van der Waals surface area contributed by atoms with Crippen LogP contribution in [0.4, 0.5) is 5.13 Å². The molecule has 1 heterocycles. The van der Waals surface area contributed by atoms with Crippen molar-refractivity contribution in [3.63, 3.8) is 0 Å². The molecule has 6 heteroatoms. The van der Waals surface area contributed by atoms with E-state index in [9.17, 15) is 0 Å². The maximum Gasteiger partial charge on any atom is 0.202 e. The van der Waals surface area contributed by atoms with E-state index in [4.69, 9.17) is 10.2 Å². The van der Waals surface area contributed by atoms with Crippen LogP contribution in [-0.4, -0.2) is 39.3 Å². The maximum absolute atomic E-state index is 9.04. The summed E-state index contributed by atoms with van der Waals surface area (Å²) < 4.78 is 4.01. The molecule has 3 N–H and O–H groups in total. The Balaban J connectivity index is 2.47. The van der Waals surface area contributed by atoms with Gasteiger partial charge in [0.25, 0.3) is 0 Å². The van der Waals surface area contributed by atoms with E-state index < -0.39 is 5.41 Å². The van der Waals surface area contributed by atoms with Crippen molar-refractivity contribution in [2.24, 2.45) is 5.41 Å². The normalized spacial score (nSPS) is 11.7. The van der Waals surface area contributed by atoms with E-state index in [1.165, 1.54) is 11.5 Å². The number of nitrogens with zero attached hydrogens (tertiary/aromatic N) is 2. The molecule has 0 aliphatic rings. The maximum atomic E-state index is 9.04. The molecular weight excluding hydrogens is 202 g/mol. The predicted octanol–water partition coefficient (Wildman–Crippen LogP) is 0.249. The van der Waals surface area contributed by atoms with Gasteiger partial charge in [-0.2, -0.15) is 4.37 Å². The van der Waals surface area contributed by atoms with Crippen molar-refractivity contribution >= 4 is 16.7 Å². The summed E-state index contributed by atoms with van der Waals surface area (Å²) in [7, 11) is 0. The molecule has 1 rings (SSSR count). The highest BCUT2D eigenvalue weighted by molar-refractivity contribution is 7.09. The van der Waals surface area contributed by atoms with Gasteiger partial charge in [-0.3, -0.25) is 0 Å². The van der Waals surface area contributed by atoms with Crippen molar-refractivity contribution in [3.05, 3.63) is 5.82 Å². The van der Waals surface area contributed by atoms with Crippen molar-refractivity contribution in [3.8, 4) is 0 Å². The first kappa shape index (κ1) is 11.4. The lowest BCUT2D eigenvalue weighted by Gasteiger charge is -2.24. The van der Waals surface area contributed by atoms with Crippen molar-refractivity contribution in [1.29, 1.82) is 0 Å². The smallest absolute Gasteiger partial charge is 0.202 e. The van der Waals surface area contributed by atoms with Gasteiger partial charge in [-0.1, -0.05) is 6.92 Å². The van der Waals surface area contributed by atoms with Crippen LogP contribution in [0.25, 0.3) is 0 Å². The van der Waals surface area contributed by atoms with Gasteiger partial charge >= 0.3 is 0 Å². The molecule has 0 bridgehead atoms. The van der Waals surface area contributed by atoms with Crippen LogP contribution in [0.2, 0.25) is 0 Å². The third-order valence-electron chi connectivity index (χ3n) is 1.96. The highest BCUT2D eigenvalue weighted by Crippen LogP contribution is 2.17. The molecule has 0 unspecified atom stereocenters. The molecule has 0 saturated heterocycles. The Morgan fingerprint density at radius 1 is 1.43 bits per heavy atom. The lowest BCUT2D eigenvalue weighted by atomic mass is 9.93. The Labute approximate surface area is 87.0 Å². The molecule has 0 fully saturated rings. The van der Waals surface area contributed by atoms with Gasteiger partial charge in [-0.05, 0) is 6.92 Å². The topological polar surface area (TPSA) is 78.3 Å². The number of nitrogens with one attached hydrogen (secondary N) is 1. The summed E-state index contributed by atoms with van der Waals surface area (Å²) in [6.45, 7) is 3.98. The van der Waals surface area contributed by atoms with E-state index in [0.29, 0.717) is 6.54 Å². The molecule has 14 heavy (non-hydrogen) atoms. The molecule has 0 aliphatic carbocycles. The fraction of sp³-hybridized carbons (Fsp3) is 0.750. The van der Waals surface area contributed by atoms with Crippen molar-refractivity contribution in [1.82, 2.24) is 9.36 Å². The van der Waals surface area contributed by atoms with E-state index in [1.807, 2.05) is 6.92 Å². The zero-order valence-corrected chi connectivity index (χ0v) is 9.13. The number of aliphatic hydroxyl groups is 2. The summed E-state index contributed by atoms with van der Waals surface area (Å²) in [4.78, 5) is 4.12. The van der Waals surface area contributed by atoms with Crippen LogP contribution in [-0.2, 0) is 0 Å². The minimum Gasteiger partial charge on any atom is -0.396 e. The summed E-state index contributed by atoms with van der Waals surface area (Å²) in [5, 5.41) is 21.8. The molecule has 0 aromatic carbocycles.